The summed E-state index contributed by atoms with van der Waals surface area (Å²) < 4.78 is 15.8. The number of hydrogen-bond donors (Lipinski definition) is 0. The van der Waals surface area contributed by atoms with Crippen LogP contribution in [0.3, 0.4) is 0 Å². The highest BCUT2D eigenvalue weighted by Gasteiger charge is 2.28. The molecular weight excluding hydrogens is 410 g/mol. The second-order valence-electron chi connectivity index (χ2n) is 7.77. The molecule has 0 N–H and O–H groups in total. The predicted octanol–water partition coefficient (Wildman–Crippen LogP) is 3.38. The number of carbonyl (C=O) groups is 3. The fraction of sp³-hybridized carbons (Fsp3) is 0.320. The van der Waals surface area contributed by atoms with Gasteiger partial charge in [-0.1, -0.05) is 12.1 Å². The molecule has 0 atom stereocenters. The highest BCUT2D eigenvalue weighted by Crippen LogP contribution is 2.32. The number of amides is 1. The van der Waals surface area contributed by atoms with Crippen LogP contribution in [0.5, 0.6) is 11.5 Å². The molecular formula is C25H25NO6. The van der Waals surface area contributed by atoms with Gasteiger partial charge in [0.2, 0.25) is 5.91 Å². The summed E-state index contributed by atoms with van der Waals surface area (Å²) in [5.41, 5.74) is 1.89. The first-order valence-electron chi connectivity index (χ1n) is 10.6. The summed E-state index contributed by atoms with van der Waals surface area (Å²) in [5, 5.41) is 0. The van der Waals surface area contributed by atoms with Crippen LogP contribution in [-0.4, -0.2) is 56.0 Å². The fourth-order valence-corrected chi connectivity index (χ4v) is 3.92. The van der Waals surface area contributed by atoms with Crippen molar-refractivity contribution < 1.29 is 28.6 Å². The molecule has 2 aromatic rings. The third-order valence-corrected chi connectivity index (χ3v) is 5.75. The van der Waals surface area contributed by atoms with E-state index in [9.17, 15) is 14.4 Å². The Kier molecular flexibility index (Phi) is 6.54. The van der Waals surface area contributed by atoms with Crippen molar-refractivity contribution in [2.45, 2.75) is 12.8 Å². The van der Waals surface area contributed by atoms with Crippen molar-refractivity contribution >= 4 is 23.7 Å². The Morgan fingerprint density at radius 2 is 1.59 bits per heavy atom. The van der Waals surface area contributed by atoms with Gasteiger partial charge in [0, 0.05) is 30.6 Å². The second kappa shape index (κ2) is 9.68. The zero-order chi connectivity index (χ0) is 22.5. The Morgan fingerprint density at radius 3 is 2.28 bits per heavy atom. The number of ketones is 1. The summed E-state index contributed by atoms with van der Waals surface area (Å²) in [4.78, 5) is 38.7. The minimum Gasteiger partial charge on any atom is -0.486 e. The van der Waals surface area contributed by atoms with Crippen molar-refractivity contribution in [1.82, 2.24) is 4.90 Å². The van der Waals surface area contributed by atoms with Crippen LogP contribution in [0.15, 0.2) is 48.5 Å². The first-order chi connectivity index (χ1) is 15.5. The number of fused-ring (bicyclic) bond motifs is 1. The van der Waals surface area contributed by atoms with Gasteiger partial charge in [0.25, 0.3) is 0 Å². The van der Waals surface area contributed by atoms with Crippen molar-refractivity contribution in [1.29, 1.82) is 0 Å². The summed E-state index contributed by atoms with van der Waals surface area (Å²) in [6.07, 6.45) is 4.49. The number of hydrogen-bond acceptors (Lipinski definition) is 6. The largest absolute Gasteiger partial charge is 0.486 e. The molecule has 0 spiro atoms. The van der Waals surface area contributed by atoms with E-state index in [-0.39, 0.29) is 17.6 Å². The second-order valence-corrected chi connectivity index (χ2v) is 7.77. The predicted molar refractivity (Wildman–Crippen MR) is 118 cm³/mol. The van der Waals surface area contributed by atoms with Crippen LogP contribution in [0.2, 0.25) is 0 Å². The van der Waals surface area contributed by atoms with Crippen LogP contribution in [0.4, 0.5) is 0 Å². The molecule has 1 saturated heterocycles. The minimum atomic E-state index is -0.398. The highest BCUT2D eigenvalue weighted by atomic mass is 16.6. The number of rotatable bonds is 5. The molecule has 2 heterocycles. The maximum absolute atomic E-state index is 12.9. The minimum absolute atomic E-state index is 0.0790. The number of ether oxygens (including phenoxy) is 3. The summed E-state index contributed by atoms with van der Waals surface area (Å²) >= 11 is 0. The van der Waals surface area contributed by atoms with Gasteiger partial charge in [0.1, 0.15) is 13.2 Å². The molecule has 0 saturated carbocycles. The average molecular weight is 435 g/mol. The van der Waals surface area contributed by atoms with E-state index in [2.05, 4.69) is 4.74 Å². The molecule has 4 rings (SSSR count). The summed E-state index contributed by atoms with van der Waals surface area (Å²) in [6, 6.07) is 12.1. The SMILES string of the molecule is COC(=O)c1ccc(C=CC(=O)N2CCC(C(=O)c3ccc4c(c3)OCCO4)CC2)cc1. The molecule has 32 heavy (non-hydrogen) atoms. The van der Waals surface area contributed by atoms with E-state index in [4.69, 9.17) is 9.47 Å². The van der Waals surface area contributed by atoms with E-state index in [1.54, 1.807) is 53.4 Å². The quantitative estimate of drug-likeness (QED) is 0.407. The smallest absolute Gasteiger partial charge is 0.337 e. The lowest BCUT2D eigenvalue weighted by Crippen LogP contribution is -2.39. The normalized spacial score (nSPS) is 16.1. The number of nitrogens with zero attached hydrogens (tertiary/aromatic N) is 1. The van der Waals surface area contributed by atoms with E-state index in [0.29, 0.717) is 61.8 Å². The van der Waals surface area contributed by atoms with Gasteiger partial charge < -0.3 is 19.1 Å². The third-order valence-electron chi connectivity index (χ3n) is 5.75. The zero-order valence-corrected chi connectivity index (χ0v) is 17.9. The van der Waals surface area contributed by atoms with Gasteiger partial charge in [-0.25, -0.2) is 4.79 Å². The number of benzene rings is 2. The molecule has 7 heteroatoms. The molecule has 1 amide bonds. The summed E-state index contributed by atoms with van der Waals surface area (Å²) in [6.45, 7) is 2.06. The Bertz CT molecular complexity index is 1030. The fourth-order valence-electron chi connectivity index (χ4n) is 3.92. The number of Topliss-reactive ketones (excluding diaryl/α,β-unsaturated/α-hetero) is 1. The lowest BCUT2D eigenvalue weighted by molar-refractivity contribution is -0.127. The van der Waals surface area contributed by atoms with Gasteiger partial charge in [-0.15, -0.1) is 0 Å². The van der Waals surface area contributed by atoms with Crippen molar-refractivity contribution in [3.8, 4) is 11.5 Å². The Hall–Kier alpha value is -3.61. The molecule has 2 aliphatic rings. The standard InChI is InChI=1S/C25H25NO6/c1-30-25(29)19-5-2-17(3-6-19)4-9-23(27)26-12-10-18(11-13-26)24(28)20-7-8-21-22(16-20)32-15-14-31-21/h2-9,16,18H,10-15H2,1H3. The van der Waals surface area contributed by atoms with Crippen LogP contribution in [0.25, 0.3) is 6.08 Å². The van der Waals surface area contributed by atoms with Gasteiger partial charge in [-0.3, -0.25) is 9.59 Å². The monoisotopic (exact) mass is 435 g/mol. The highest BCUT2D eigenvalue weighted by molar-refractivity contribution is 5.99. The molecule has 0 aliphatic carbocycles. The molecule has 0 bridgehead atoms. The molecule has 7 nitrogen and oxygen atoms in total. The van der Waals surface area contributed by atoms with Crippen LogP contribution in [0.1, 0.15) is 39.1 Å². The van der Waals surface area contributed by atoms with Crippen LogP contribution in [0, 0.1) is 5.92 Å². The van der Waals surface area contributed by atoms with Gasteiger partial charge >= 0.3 is 5.97 Å². The molecule has 1 fully saturated rings. The maximum Gasteiger partial charge on any atom is 0.337 e. The average Bonchev–Trinajstić information content (AvgIpc) is 2.86. The summed E-state index contributed by atoms with van der Waals surface area (Å²) in [7, 11) is 1.34. The molecule has 0 radical (unpaired) electrons. The molecule has 2 aliphatic heterocycles. The number of esters is 1. The number of likely N-dealkylation sites (tertiary alicyclic amines) is 1. The van der Waals surface area contributed by atoms with E-state index in [0.717, 1.165) is 5.56 Å². The maximum atomic E-state index is 12.9. The van der Waals surface area contributed by atoms with Crippen molar-refractivity contribution in [3.63, 3.8) is 0 Å². The molecule has 0 unspecified atom stereocenters. The zero-order valence-electron chi connectivity index (χ0n) is 17.9. The molecule has 2 aromatic carbocycles. The van der Waals surface area contributed by atoms with Gasteiger partial charge in [-0.2, -0.15) is 0 Å². The van der Waals surface area contributed by atoms with E-state index < -0.39 is 5.97 Å². The lowest BCUT2D eigenvalue weighted by Gasteiger charge is -2.30. The molecule has 166 valence electrons. The Balaban J connectivity index is 1.31. The first kappa shape index (κ1) is 21.6. The Labute approximate surface area is 186 Å². The topological polar surface area (TPSA) is 82.1 Å². The van der Waals surface area contributed by atoms with E-state index >= 15 is 0 Å². The number of piperidine rings is 1. The van der Waals surface area contributed by atoms with E-state index in [1.165, 1.54) is 13.2 Å². The van der Waals surface area contributed by atoms with E-state index in [1.807, 2.05) is 0 Å². The number of methoxy groups -OCH3 is 1. The van der Waals surface area contributed by atoms with Crippen molar-refractivity contribution in [2.75, 3.05) is 33.4 Å². The van der Waals surface area contributed by atoms with Crippen molar-refractivity contribution in [2.24, 2.45) is 5.92 Å². The van der Waals surface area contributed by atoms with Crippen LogP contribution >= 0.6 is 0 Å². The third kappa shape index (κ3) is 4.82. The number of carbonyl (C=O) groups excluding carboxylic acids is 3. The van der Waals surface area contributed by atoms with Crippen LogP contribution in [-0.2, 0) is 9.53 Å². The van der Waals surface area contributed by atoms with Crippen molar-refractivity contribution in [3.05, 3.63) is 65.2 Å². The summed E-state index contributed by atoms with van der Waals surface area (Å²) in [5.74, 6) is 0.753. The first-order valence-corrected chi connectivity index (χ1v) is 10.6. The van der Waals surface area contributed by atoms with Gasteiger partial charge in [-0.05, 0) is 54.8 Å². The molecule has 0 aromatic heterocycles. The van der Waals surface area contributed by atoms with Gasteiger partial charge in [0.05, 0.1) is 12.7 Å². The Morgan fingerprint density at radius 1 is 0.938 bits per heavy atom. The lowest BCUT2D eigenvalue weighted by atomic mass is 9.88. The van der Waals surface area contributed by atoms with Crippen LogP contribution < -0.4 is 9.47 Å². The van der Waals surface area contributed by atoms with Gasteiger partial charge in [0.15, 0.2) is 17.3 Å².